The fraction of sp³-hybridized carbons (Fsp3) is 0.818. The van der Waals surface area contributed by atoms with Gasteiger partial charge in [0, 0.05) is 12.8 Å². The molecular weight excluding hydrogens is 164 g/mol. The van der Waals surface area contributed by atoms with Crippen LogP contribution in [0.25, 0.3) is 0 Å². The topological polar surface area (TPSA) is 34.1 Å². The van der Waals surface area contributed by atoms with Crippen LogP contribution in [0, 0.1) is 5.41 Å². The Balaban J connectivity index is 2.83. The molecule has 0 aromatic carbocycles. The monoisotopic (exact) mass is 182 g/mol. The van der Waals surface area contributed by atoms with E-state index in [1.807, 2.05) is 13.8 Å². The minimum Gasteiger partial charge on any atom is -0.299 e. The molecule has 0 aromatic heterocycles. The molecule has 0 bridgehead atoms. The van der Waals surface area contributed by atoms with Crippen molar-refractivity contribution in [2.75, 3.05) is 0 Å². The predicted octanol–water partition coefficient (Wildman–Crippen LogP) is 2.51. The zero-order valence-corrected chi connectivity index (χ0v) is 8.56. The number of carbonyl (C=O) groups is 2. The van der Waals surface area contributed by atoms with Crippen LogP contribution in [-0.2, 0) is 9.59 Å². The van der Waals surface area contributed by atoms with Crippen LogP contribution in [0.4, 0.5) is 0 Å². The lowest BCUT2D eigenvalue weighted by Crippen LogP contribution is -2.36. The van der Waals surface area contributed by atoms with Gasteiger partial charge < -0.3 is 0 Å². The molecular formula is C11H18O2. The lowest BCUT2D eigenvalue weighted by atomic mass is 9.74. The third kappa shape index (κ3) is 1.98. The summed E-state index contributed by atoms with van der Waals surface area (Å²) in [4.78, 5) is 23.4. The summed E-state index contributed by atoms with van der Waals surface area (Å²) < 4.78 is 0. The average Bonchev–Trinajstić information content (AvgIpc) is 2.13. The first-order valence-corrected chi connectivity index (χ1v) is 5.18. The van der Waals surface area contributed by atoms with E-state index in [-0.39, 0.29) is 11.6 Å². The summed E-state index contributed by atoms with van der Waals surface area (Å²) in [5, 5.41) is 0. The number of hydrogen-bond donors (Lipinski definition) is 0. The van der Waals surface area contributed by atoms with E-state index >= 15 is 0 Å². The Bertz CT molecular complexity index is 200. The van der Waals surface area contributed by atoms with Gasteiger partial charge in [-0.15, -0.1) is 0 Å². The summed E-state index contributed by atoms with van der Waals surface area (Å²) in [7, 11) is 0. The van der Waals surface area contributed by atoms with Crippen LogP contribution in [0.5, 0.6) is 0 Å². The Hall–Kier alpha value is -0.660. The van der Waals surface area contributed by atoms with Crippen molar-refractivity contribution in [3.63, 3.8) is 0 Å². The normalized spacial score (nSPS) is 23.8. The molecule has 0 radical (unpaired) electrons. The van der Waals surface area contributed by atoms with Crippen LogP contribution < -0.4 is 0 Å². The molecule has 0 spiro atoms. The van der Waals surface area contributed by atoms with Gasteiger partial charge in [-0.05, 0) is 26.2 Å². The largest absolute Gasteiger partial charge is 0.299 e. The summed E-state index contributed by atoms with van der Waals surface area (Å²) in [6.45, 7) is 3.74. The molecule has 74 valence electrons. The van der Waals surface area contributed by atoms with Crippen LogP contribution in [0.15, 0.2) is 0 Å². The molecule has 1 fully saturated rings. The van der Waals surface area contributed by atoms with Crippen LogP contribution in [-0.4, -0.2) is 11.6 Å². The lowest BCUT2D eigenvalue weighted by molar-refractivity contribution is -0.140. The van der Waals surface area contributed by atoms with Crippen molar-refractivity contribution in [3.05, 3.63) is 0 Å². The van der Waals surface area contributed by atoms with Gasteiger partial charge in [-0.1, -0.05) is 13.3 Å². The Morgan fingerprint density at radius 1 is 1.08 bits per heavy atom. The minimum absolute atomic E-state index is 0.153. The van der Waals surface area contributed by atoms with Gasteiger partial charge in [0.05, 0.1) is 5.41 Å². The number of carbonyl (C=O) groups excluding carboxylic acids is 2. The molecule has 1 rings (SSSR count). The highest BCUT2D eigenvalue weighted by molar-refractivity contribution is 6.06. The maximum atomic E-state index is 11.7. The maximum absolute atomic E-state index is 11.7. The van der Waals surface area contributed by atoms with E-state index in [1.165, 1.54) is 0 Å². The highest BCUT2D eigenvalue weighted by atomic mass is 16.2. The molecule has 2 nitrogen and oxygen atoms in total. The molecule has 2 heteroatoms. The number of Topliss-reactive ketones (excluding diaryl/α,β-unsaturated/α-hetero) is 2. The van der Waals surface area contributed by atoms with E-state index in [4.69, 9.17) is 0 Å². The molecule has 1 aliphatic carbocycles. The zero-order chi connectivity index (χ0) is 9.90. The van der Waals surface area contributed by atoms with Crippen LogP contribution in [0.2, 0.25) is 0 Å². The molecule has 0 aromatic rings. The van der Waals surface area contributed by atoms with Gasteiger partial charge in [0.25, 0.3) is 0 Å². The van der Waals surface area contributed by atoms with Crippen molar-refractivity contribution >= 4 is 11.6 Å². The van der Waals surface area contributed by atoms with Crippen molar-refractivity contribution in [3.8, 4) is 0 Å². The SMILES string of the molecule is CCC1(C)C(=O)CCCCCC1=O. The number of hydrogen-bond acceptors (Lipinski definition) is 2. The second-order valence-corrected chi connectivity index (χ2v) is 4.09. The Morgan fingerprint density at radius 2 is 1.54 bits per heavy atom. The number of ketones is 2. The molecule has 0 unspecified atom stereocenters. The molecule has 0 N–H and O–H groups in total. The highest BCUT2D eigenvalue weighted by Crippen LogP contribution is 2.30. The van der Waals surface area contributed by atoms with Crippen molar-refractivity contribution in [2.45, 2.75) is 52.4 Å². The molecule has 0 aliphatic heterocycles. The first-order chi connectivity index (χ1) is 6.11. The molecule has 13 heavy (non-hydrogen) atoms. The van der Waals surface area contributed by atoms with Crippen molar-refractivity contribution in [1.29, 1.82) is 0 Å². The molecule has 0 heterocycles. The van der Waals surface area contributed by atoms with Gasteiger partial charge in [0.1, 0.15) is 11.6 Å². The van der Waals surface area contributed by atoms with E-state index in [2.05, 4.69) is 0 Å². The quantitative estimate of drug-likeness (QED) is 0.584. The third-order valence-corrected chi connectivity index (χ3v) is 3.25. The summed E-state index contributed by atoms with van der Waals surface area (Å²) in [6, 6.07) is 0. The highest BCUT2D eigenvalue weighted by Gasteiger charge is 2.38. The van der Waals surface area contributed by atoms with E-state index in [0.717, 1.165) is 19.3 Å². The second-order valence-electron chi connectivity index (χ2n) is 4.09. The number of rotatable bonds is 1. The summed E-state index contributed by atoms with van der Waals surface area (Å²) in [5.74, 6) is 0.305. The van der Waals surface area contributed by atoms with Gasteiger partial charge in [-0.25, -0.2) is 0 Å². The predicted molar refractivity (Wildman–Crippen MR) is 51.5 cm³/mol. The standard InChI is InChI=1S/C11H18O2/c1-3-11(2)9(12)7-5-4-6-8-10(11)13/h3-8H2,1-2H3. The lowest BCUT2D eigenvalue weighted by Gasteiger charge is -2.26. The van der Waals surface area contributed by atoms with Gasteiger partial charge >= 0.3 is 0 Å². The van der Waals surface area contributed by atoms with Gasteiger partial charge in [0.15, 0.2) is 0 Å². The molecule has 0 atom stereocenters. The fourth-order valence-corrected chi connectivity index (χ4v) is 1.85. The Morgan fingerprint density at radius 3 is 1.92 bits per heavy atom. The van der Waals surface area contributed by atoms with Crippen LogP contribution >= 0.6 is 0 Å². The molecule has 1 aliphatic rings. The summed E-state index contributed by atoms with van der Waals surface area (Å²) in [6.07, 6.45) is 4.79. The van der Waals surface area contributed by atoms with Crippen molar-refractivity contribution in [2.24, 2.45) is 5.41 Å². The van der Waals surface area contributed by atoms with Gasteiger partial charge in [-0.3, -0.25) is 9.59 Å². The van der Waals surface area contributed by atoms with Crippen molar-refractivity contribution in [1.82, 2.24) is 0 Å². The van der Waals surface area contributed by atoms with Crippen molar-refractivity contribution < 1.29 is 9.59 Å². The van der Waals surface area contributed by atoms with Crippen LogP contribution in [0.1, 0.15) is 52.4 Å². The maximum Gasteiger partial charge on any atom is 0.146 e. The van der Waals surface area contributed by atoms with E-state index < -0.39 is 5.41 Å². The second kappa shape index (κ2) is 4.03. The average molecular weight is 182 g/mol. The first-order valence-electron chi connectivity index (χ1n) is 5.18. The Kier molecular flexibility index (Phi) is 3.23. The Labute approximate surface area is 79.7 Å². The fourth-order valence-electron chi connectivity index (χ4n) is 1.85. The summed E-state index contributed by atoms with van der Waals surface area (Å²) in [5.41, 5.74) is -0.666. The van der Waals surface area contributed by atoms with Crippen LogP contribution in [0.3, 0.4) is 0 Å². The van der Waals surface area contributed by atoms with Gasteiger partial charge in [0.2, 0.25) is 0 Å². The van der Waals surface area contributed by atoms with Gasteiger partial charge in [-0.2, -0.15) is 0 Å². The molecule has 1 saturated carbocycles. The first kappa shape index (κ1) is 10.4. The summed E-state index contributed by atoms with van der Waals surface area (Å²) >= 11 is 0. The van der Waals surface area contributed by atoms with E-state index in [0.29, 0.717) is 19.3 Å². The minimum atomic E-state index is -0.666. The smallest absolute Gasteiger partial charge is 0.146 e. The molecule has 0 saturated heterocycles. The van der Waals surface area contributed by atoms with E-state index in [1.54, 1.807) is 0 Å². The molecule has 0 amide bonds. The van der Waals surface area contributed by atoms with E-state index in [9.17, 15) is 9.59 Å². The zero-order valence-electron chi connectivity index (χ0n) is 8.56. The third-order valence-electron chi connectivity index (χ3n) is 3.25.